The van der Waals surface area contributed by atoms with Crippen molar-refractivity contribution in [3.63, 3.8) is 0 Å². The van der Waals surface area contributed by atoms with Crippen molar-refractivity contribution in [1.29, 1.82) is 0 Å². The molecule has 3 rings (SSSR count). The van der Waals surface area contributed by atoms with Gasteiger partial charge in [0.1, 0.15) is 18.1 Å². The summed E-state index contributed by atoms with van der Waals surface area (Å²) in [6.45, 7) is 3.23. The number of rotatable bonds is 5. The van der Waals surface area contributed by atoms with Crippen molar-refractivity contribution in [3.05, 3.63) is 74.1 Å². The topological polar surface area (TPSA) is 73.2 Å². The summed E-state index contributed by atoms with van der Waals surface area (Å²) in [5.41, 5.74) is 1.95. The third-order valence-electron chi connectivity index (χ3n) is 4.46. The average Bonchev–Trinajstić information content (AvgIpc) is 2.68. The molecule has 29 heavy (non-hydrogen) atoms. The molecule has 8 heteroatoms. The van der Waals surface area contributed by atoms with Crippen molar-refractivity contribution >= 4 is 34.8 Å². The number of hydrogen-bond acceptors (Lipinski definition) is 4. The predicted molar refractivity (Wildman–Crippen MR) is 115 cm³/mol. The Balaban J connectivity index is 1.95. The molecule has 0 spiro atoms. The van der Waals surface area contributed by atoms with Crippen LogP contribution in [-0.4, -0.2) is 22.6 Å². The van der Waals surface area contributed by atoms with Crippen LogP contribution in [0.1, 0.15) is 11.3 Å². The minimum absolute atomic E-state index is 0.210. The molecule has 0 saturated carbocycles. The number of anilines is 1. The predicted octanol–water partition coefficient (Wildman–Crippen LogP) is 4.48. The molecular weight excluding hydrogens is 413 g/mol. The molecule has 0 radical (unpaired) electrons. The van der Waals surface area contributed by atoms with Gasteiger partial charge in [-0.2, -0.15) is 0 Å². The number of nitrogens with one attached hydrogen (secondary N) is 1. The molecule has 1 heterocycles. The maximum Gasteiger partial charge on any atom is 0.257 e. The van der Waals surface area contributed by atoms with Gasteiger partial charge < -0.3 is 10.1 Å². The van der Waals surface area contributed by atoms with Crippen molar-refractivity contribution in [2.75, 3.05) is 12.4 Å². The zero-order valence-corrected chi connectivity index (χ0v) is 17.6. The first-order valence-electron chi connectivity index (χ1n) is 8.77. The molecule has 1 aromatic heterocycles. The van der Waals surface area contributed by atoms with Crippen LogP contribution in [0.5, 0.6) is 5.75 Å². The standard InChI is InChI=1S/C21H19Cl2N3O3/c1-12-13(2)24-20(14-5-4-6-15(22)9-14)26(21(12)28)11-19(27)25-16-7-8-18(29-3)17(23)10-16/h4-10H,11H2,1-3H3,(H,25,27). The van der Waals surface area contributed by atoms with E-state index in [4.69, 9.17) is 27.9 Å². The van der Waals surface area contributed by atoms with E-state index in [-0.39, 0.29) is 18.0 Å². The first kappa shape index (κ1) is 20.9. The number of benzene rings is 2. The van der Waals surface area contributed by atoms with Gasteiger partial charge in [-0.15, -0.1) is 0 Å². The molecule has 0 aliphatic heterocycles. The van der Waals surface area contributed by atoms with Crippen molar-refractivity contribution in [2.45, 2.75) is 20.4 Å². The van der Waals surface area contributed by atoms with E-state index in [9.17, 15) is 9.59 Å². The van der Waals surface area contributed by atoms with Crippen LogP contribution in [0.3, 0.4) is 0 Å². The Kier molecular flexibility index (Phi) is 6.25. The van der Waals surface area contributed by atoms with Gasteiger partial charge in [0.25, 0.3) is 5.56 Å². The number of nitrogens with zero attached hydrogens (tertiary/aromatic N) is 2. The normalized spacial score (nSPS) is 10.7. The van der Waals surface area contributed by atoms with Gasteiger partial charge in [-0.1, -0.05) is 35.3 Å². The number of carbonyl (C=O) groups is 1. The van der Waals surface area contributed by atoms with Gasteiger partial charge in [0, 0.05) is 27.5 Å². The average molecular weight is 432 g/mol. The summed E-state index contributed by atoms with van der Waals surface area (Å²) >= 11 is 12.2. The van der Waals surface area contributed by atoms with E-state index in [1.54, 1.807) is 56.3 Å². The number of halogens is 2. The Morgan fingerprint density at radius 3 is 2.59 bits per heavy atom. The highest BCUT2D eigenvalue weighted by Gasteiger charge is 2.16. The Morgan fingerprint density at radius 2 is 1.93 bits per heavy atom. The summed E-state index contributed by atoms with van der Waals surface area (Å²) in [5, 5.41) is 3.62. The molecule has 0 saturated heterocycles. The van der Waals surface area contributed by atoms with E-state index in [1.165, 1.54) is 11.7 Å². The van der Waals surface area contributed by atoms with E-state index in [0.717, 1.165) is 0 Å². The third-order valence-corrected chi connectivity index (χ3v) is 4.99. The molecule has 1 N–H and O–H groups in total. The molecule has 1 amide bonds. The van der Waals surface area contributed by atoms with Crippen LogP contribution in [0.2, 0.25) is 10.0 Å². The first-order valence-corrected chi connectivity index (χ1v) is 9.53. The summed E-state index contributed by atoms with van der Waals surface area (Å²) in [5.74, 6) is 0.493. The summed E-state index contributed by atoms with van der Waals surface area (Å²) < 4.78 is 6.45. The fourth-order valence-corrected chi connectivity index (χ4v) is 3.29. The third kappa shape index (κ3) is 4.60. The van der Waals surface area contributed by atoms with Gasteiger partial charge in [0.15, 0.2) is 0 Å². The van der Waals surface area contributed by atoms with Crippen LogP contribution in [0.4, 0.5) is 5.69 Å². The van der Waals surface area contributed by atoms with Crippen LogP contribution >= 0.6 is 23.2 Å². The Hall–Kier alpha value is -2.83. The molecule has 0 unspecified atom stereocenters. The highest BCUT2D eigenvalue weighted by atomic mass is 35.5. The molecule has 0 atom stereocenters. The van der Waals surface area contributed by atoms with Crippen molar-refractivity contribution in [2.24, 2.45) is 0 Å². The first-order chi connectivity index (χ1) is 13.8. The minimum atomic E-state index is -0.387. The van der Waals surface area contributed by atoms with Gasteiger partial charge >= 0.3 is 0 Å². The number of aryl methyl sites for hydroxylation is 1. The van der Waals surface area contributed by atoms with E-state index in [1.807, 2.05) is 0 Å². The highest BCUT2D eigenvalue weighted by Crippen LogP contribution is 2.27. The van der Waals surface area contributed by atoms with Crippen molar-refractivity contribution in [1.82, 2.24) is 9.55 Å². The maximum atomic E-state index is 12.9. The van der Waals surface area contributed by atoms with E-state index in [0.29, 0.717) is 44.1 Å². The summed E-state index contributed by atoms with van der Waals surface area (Å²) in [6, 6.07) is 11.9. The number of carbonyl (C=O) groups excluding carboxylic acids is 1. The van der Waals surface area contributed by atoms with E-state index >= 15 is 0 Å². The molecule has 2 aromatic carbocycles. The Morgan fingerprint density at radius 1 is 1.17 bits per heavy atom. The number of hydrogen-bond donors (Lipinski definition) is 1. The highest BCUT2D eigenvalue weighted by molar-refractivity contribution is 6.32. The number of aromatic nitrogens is 2. The van der Waals surface area contributed by atoms with Crippen LogP contribution in [0.25, 0.3) is 11.4 Å². The summed E-state index contributed by atoms with van der Waals surface area (Å²) in [4.78, 5) is 30.0. The Bertz CT molecular complexity index is 1140. The number of ether oxygens (including phenoxy) is 1. The van der Waals surface area contributed by atoms with Crippen molar-refractivity contribution < 1.29 is 9.53 Å². The van der Waals surface area contributed by atoms with Gasteiger partial charge in [-0.3, -0.25) is 14.2 Å². The van der Waals surface area contributed by atoms with Gasteiger partial charge in [-0.25, -0.2) is 4.98 Å². The van der Waals surface area contributed by atoms with Crippen LogP contribution in [0, 0.1) is 13.8 Å². The van der Waals surface area contributed by atoms with Crippen LogP contribution < -0.4 is 15.6 Å². The zero-order chi connectivity index (χ0) is 21.1. The van der Waals surface area contributed by atoms with Gasteiger partial charge in [-0.05, 0) is 44.2 Å². The lowest BCUT2D eigenvalue weighted by molar-refractivity contribution is -0.116. The Labute approximate surface area is 178 Å². The molecule has 0 bridgehead atoms. The zero-order valence-electron chi connectivity index (χ0n) is 16.1. The summed E-state index contributed by atoms with van der Waals surface area (Å²) in [6.07, 6.45) is 0. The lowest BCUT2D eigenvalue weighted by Gasteiger charge is -2.15. The number of amides is 1. The van der Waals surface area contributed by atoms with Crippen LogP contribution in [-0.2, 0) is 11.3 Å². The van der Waals surface area contributed by atoms with Gasteiger partial charge in [0.2, 0.25) is 5.91 Å². The smallest absolute Gasteiger partial charge is 0.257 e. The fourth-order valence-electron chi connectivity index (χ4n) is 2.84. The maximum absolute atomic E-state index is 12.9. The minimum Gasteiger partial charge on any atom is -0.495 e. The van der Waals surface area contributed by atoms with E-state index < -0.39 is 0 Å². The molecule has 0 fully saturated rings. The number of methoxy groups -OCH3 is 1. The van der Waals surface area contributed by atoms with Crippen molar-refractivity contribution in [3.8, 4) is 17.1 Å². The largest absolute Gasteiger partial charge is 0.495 e. The quantitative estimate of drug-likeness (QED) is 0.645. The van der Waals surface area contributed by atoms with Crippen LogP contribution in [0.15, 0.2) is 47.3 Å². The lowest BCUT2D eigenvalue weighted by Crippen LogP contribution is -2.31. The molecule has 3 aromatic rings. The monoisotopic (exact) mass is 431 g/mol. The lowest BCUT2D eigenvalue weighted by atomic mass is 10.1. The molecular formula is C21H19Cl2N3O3. The fraction of sp³-hybridized carbons (Fsp3) is 0.190. The second-order valence-corrected chi connectivity index (χ2v) is 7.29. The van der Waals surface area contributed by atoms with E-state index in [2.05, 4.69) is 10.3 Å². The second-order valence-electron chi connectivity index (χ2n) is 6.44. The SMILES string of the molecule is COc1ccc(NC(=O)Cn2c(-c3cccc(Cl)c3)nc(C)c(C)c2=O)cc1Cl. The molecule has 6 nitrogen and oxygen atoms in total. The van der Waals surface area contributed by atoms with Gasteiger partial charge in [0.05, 0.1) is 12.1 Å². The molecule has 150 valence electrons. The second kappa shape index (κ2) is 8.68. The summed E-state index contributed by atoms with van der Waals surface area (Å²) in [7, 11) is 1.51. The molecule has 0 aliphatic rings. The molecule has 0 aliphatic carbocycles.